The Kier molecular flexibility index (Phi) is 5.89. The van der Waals surface area contributed by atoms with Crippen LogP contribution in [0.4, 0.5) is 0 Å². The summed E-state index contributed by atoms with van der Waals surface area (Å²) in [5, 5.41) is 12.0. The molecule has 0 bridgehead atoms. The standard InChI is InChI=1S/C17H23NO3S/c1-13(22-12-14-8-4-2-5-9-14)15(19)18-17(16(20)21)10-6-3-7-11-17/h2,4-5,8-9,13H,3,6-7,10-12H2,1H3,(H,18,19)(H,20,21). The van der Waals surface area contributed by atoms with Gasteiger partial charge in [0.15, 0.2) is 0 Å². The highest BCUT2D eigenvalue weighted by atomic mass is 32.2. The number of carbonyl (C=O) groups excluding carboxylic acids is 1. The van der Waals surface area contributed by atoms with Gasteiger partial charge in [0.25, 0.3) is 0 Å². The van der Waals surface area contributed by atoms with Crippen molar-refractivity contribution < 1.29 is 14.7 Å². The number of aliphatic carboxylic acids is 1. The Labute approximate surface area is 135 Å². The second-order valence-corrected chi connectivity index (χ2v) is 7.21. The van der Waals surface area contributed by atoms with E-state index in [0.717, 1.165) is 30.6 Å². The molecule has 1 unspecified atom stereocenters. The topological polar surface area (TPSA) is 66.4 Å². The van der Waals surface area contributed by atoms with Crippen LogP contribution < -0.4 is 5.32 Å². The molecule has 0 radical (unpaired) electrons. The van der Waals surface area contributed by atoms with Gasteiger partial charge in [0.05, 0.1) is 5.25 Å². The second-order valence-electron chi connectivity index (χ2n) is 5.88. The number of carboxylic acids is 1. The first kappa shape index (κ1) is 16.9. The van der Waals surface area contributed by atoms with Crippen LogP contribution in [0.15, 0.2) is 30.3 Å². The second kappa shape index (κ2) is 7.68. The summed E-state index contributed by atoms with van der Waals surface area (Å²) in [6.07, 6.45) is 3.83. The summed E-state index contributed by atoms with van der Waals surface area (Å²) >= 11 is 1.53. The van der Waals surface area contributed by atoms with E-state index in [0.29, 0.717) is 12.8 Å². The lowest BCUT2D eigenvalue weighted by Gasteiger charge is -2.34. The zero-order valence-electron chi connectivity index (χ0n) is 12.9. The van der Waals surface area contributed by atoms with Gasteiger partial charge >= 0.3 is 5.97 Å². The Morgan fingerprint density at radius 1 is 1.23 bits per heavy atom. The fourth-order valence-corrected chi connectivity index (χ4v) is 3.60. The van der Waals surface area contributed by atoms with Crippen LogP contribution in [0.3, 0.4) is 0 Å². The number of rotatable bonds is 6. The quantitative estimate of drug-likeness (QED) is 0.844. The minimum atomic E-state index is -1.06. The lowest BCUT2D eigenvalue weighted by Crippen LogP contribution is -2.57. The molecule has 1 aliphatic rings. The highest BCUT2D eigenvalue weighted by molar-refractivity contribution is 7.99. The SMILES string of the molecule is CC(SCc1ccccc1)C(=O)NC1(C(=O)O)CCCCC1. The summed E-state index contributed by atoms with van der Waals surface area (Å²) in [5.74, 6) is -0.332. The van der Waals surface area contributed by atoms with Crippen molar-refractivity contribution in [2.24, 2.45) is 0 Å². The number of benzene rings is 1. The average molecular weight is 321 g/mol. The van der Waals surface area contributed by atoms with E-state index in [4.69, 9.17) is 0 Å². The minimum absolute atomic E-state index is 0.176. The first-order valence-corrected chi connectivity index (χ1v) is 8.79. The summed E-state index contributed by atoms with van der Waals surface area (Å²) in [4.78, 5) is 23.9. The van der Waals surface area contributed by atoms with Crippen molar-refractivity contribution in [2.45, 2.75) is 55.6 Å². The fourth-order valence-electron chi connectivity index (χ4n) is 2.76. The van der Waals surface area contributed by atoms with Gasteiger partial charge in [0.1, 0.15) is 5.54 Å². The largest absolute Gasteiger partial charge is 0.480 e. The molecule has 2 rings (SSSR count). The first-order valence-electron chi connectivity index (χ1n) is 7.74. The molecule has 1 saturated carbocycles. The summed E-state index contributed by atoms with van der Waals surface area (Å²) in [6.45, 7) is 1.83. The minimum Gasteiger partial charge on any atom is -0.480 e. The van der Waals surface area contributed by atoms with Crippen molar-refractivity contribution in [1.29, 1.82) is 0 Å². The predicted molar refractivity (Wildman–Crippen MR) is 88.8 cm³/mol. The van der Waals surface area contributed by atoms with Crippen molar-refractivity contribution in [2.75, 3.05) is 0 Å². The number of hydrogen-bond acceptors (Lipinski definition) is 3. The lowest BCUT2D eigenvalue weighted by molar-refractivity contribution is -0.149. The van der Waals surface area contributed by atoms with Gasteiger partial charge in [0.2, 0.25) is 5.91 Å². The molecule has 0 aliphatic heterocycles. The molecule has 0 heterocycles. The number of carboxylic acid groups (broad SMARTS) is 1. The molecule has 1 fully saturated rings. The van der Waals surface area contributed by atoms with E-state index in [-0.39, 0.29) is 11.2 Å². The maximum absolute atomic E-state index is 12.3. The zero-order chi connectivity index (χ0) is 16.0. The van der Waals surface area contributed by atoms with E-state index < -0.39 is 11.5 Å². The third-order valence-corrected chi connectivity index (χ3v) is 5.41. The number of amides is 1. The summed E-state index contributed by atoms with van der Waals surface area (Å²) in [5.41, 5.74) is 0.106. The molecule has 1 aromatic carbocycles. The molecule has 1 aromatic rings. The lowest BCUT2D eigenvalue weighted by atomic mass is 9.81. The fraction of sp³-hybridized carbons (Fsp3) is 0.529. The summed E-state index contributed by atoms with van der Waals surface area (Å²) in [7, 11) is 0. The Morgan fingerprint density at radius 2 is 1.86 bits per heavy atom. The zero-order valence-corrected chi connectivity index (χ0v) is 13.7. The predicted octanol–water partition coefficient (Wildman–Crippen LogP) is 3.21. The molecule has 5 heteroatoms. The molecule has 1 amide bonds. The number of hydrogen-bond donors (Lipinski definition) is 2. The maximum Gasteiger partial charge on any atom is 0.329 e. The third-order valence-electron chi connectivity index (χ3n) is 4.19. The molecule has 0 saturated heterocycles. The summed E-state index contributed by atoms with van der Waals surface area (Å²) < 4.78 is 0. The van der Waals surface area contributed by atoms with E-state index in [1.807, 2.05) is 37.3 Å². The van der Waals surface area contributed by atoms with Crippen molar-refractivity contribution in [3.63, 3.8) is 0 Å². The van der Waals surface area contributed by atoms with Crippen molar-refractivity contribution in [3.05, 3.63) is 35.9 Å². The molecule has 1 atom stereocenters. The first-order chi connectivity index (χ1) is 10.5. The van der Waals surface area contributed by atoms with E-state index in [9.17, 15) is 14.7 Å². The van der Waals surface area contributed by atoms with Crippen LogP contribution in [0, 0.1) is 0 Å². The van der Waals surface area contributed by atoms with Gasteiger partial charge in [-0.15, -0.1) is 11.8 Å². The molecule has 120 valence electrons. The molecule has 4 nitrogen and oxygen atoms in total. The van der Waals surface area contributed by atoms with Gasteiger partial charge in [-0.1, -0.05) is 49.6 Å². The van der Waals surface area contributed by atoms with Crippen LogP contribution in [0.2, 0.25) is 0 Å². The highest BCUT2D eigenvalue weighted by Gasteiger charge is 2.41. The number of carbonyl (C=O) groups is 2. The molecular formula is C17H23NO3S. The van der Waals surface area contributed by atoms with Gasteiger partial charge in [-0.05, 0) is 25.3 Å². The normalized spacial score (nSPS) is 18.4. The van der Waals surface area contributed by atoms with E-state index in [1.165, 1.54) is 11.8 Å². The molecule has 1 aliphatic carbocycles. The van der Waals surface area contributed by atoms with Gasteiger partial charge < -0.3 is 10.4 Å². The molecular weight excluding hydrogens is 298 g/mol. The molecule has 0 aromatic heterocycles. The number of nitrogens with one attached hydrogen (secondary N) is 1. The van der Waals surface area contributed by atoms with Crippen LogP contribution >= 0.6 is 11.8 Å². The maximum atomic E-state index is 12.3. The van der Waals surface area contributed by atoms with Gasteiger partial charge in [-0.3, -0.25) is 4.79 Å². The van der Waals surface area contributed by atoms with Gasteiger partial charge in [0, 0.05) is 5.75 Å². The van der Waals surface area contributed by atoms with E-state index in [1.54, 1.807) is 0 Å². The monoisotopic (exact) mass is 321 g/mol. The van der Waals surface area contributed by atoms with Crippen LogP contribution in [-0.4, -0.2) is 27.8 Å². The van der Waals surface area contributed by atoms with Crippen LogP contribution in [-0.2, 0) is 15.3 Å². The molecule has 2 N–H and O–H groups in total. The van der Waals surface area contributed by atoms with Crippen LogP contribution in [0.25, 0.3) is 0 Å². The average Bonchev–Trinajstić information content (AvgIpc) is 2.54. The highest BCUT2D eigenvalue weighted by Crippen LogP contribution is 2.29. The van der Waals surface area contributed by atoms with Crippen molar-refractivity contribution in [1.82, 2.24) is 5.32 Å². The molecule has 22 heavy (non-hydrogen) atoms. The van der Waals surface area contributed by atoms with Crippen LogP contribution in [0.5, 0.6) is 0 Å². The third kappa shape index (κ3) is 4.26. The van der Waals surface area contributed by atoms with Gasteiger partial charge in [-0.2, -0.15) is 0 Å². The summed E-state index contributed by atoms with van der Waals surface area (Å²) in [6, 6.07) is 9.96. The van der Waals surface area contributed by atoms with Crippen molar-refractivity contribution in [3.8, 4) is 0 Å². The Morgan fingerprint density at radius 3 is 2.45 bits per heavy atom. The van der Waals surface area contributed by atoms with E-state index >= 15 is 0 Å². The van der Waals surface area contributed by atoms with Crippen LogP contribution in [0.1, 0.15) is 44.6 Å². The number of thioether (sulfide) groups is 1. The van der Waals surface area contributed by atoms with Gasteiger partial charge in [-0.25, -0.2) is 4.79 Å². The Bertz CT molecular complexity index is 512. The van der Waals surface area contributed by atoms with Crippen molar-refractivity contribution >= 4 is 23.6 Å². The molecule has 0 spiro atoms. The smallest absolute Gasteiger partial charge is 0.329 e. The Balaban J connectivity index is 1.90. The van der Waals surface area contributed by atoms with E-state index in [2.05, 4.69) is 5.32 Å². The Hall–Kier alpha value is -1.49.